The molecule has 1 amide bonds. The van der Waals surface area contributed by atoms with E-state index in [1.54, 1.807) is 30.3 Å². The van der Waals surface area contributed by atoms with E-state index in [4.69, 9.17) is 14.2 Å². The van der Waals surface area contributed by atoms with E-state index < -0.39 is 17.7 Å². The molecular weight excluding hydrogens is 436 g/mol. The monoisotopic (exact) mass is 468 g/mol. The fraction of sp³-hybridized carbons (Fsp3) is 0.385. The molecule has 2 aromatic rings. The summed E-state index contributed by atoms with van der Waals surface area (Å²) in [5, 5.41) is 11.2. The van der Waals surface area contributed by atoms with Crippen molar-refractivity contribution in [3.05, 3.63) is 59.2 Å². The SMILES string of the molecule is CCOc1ccc([C@H]2/C(=C(\O)c3ccc(OC)c(OC)c3)C(=O)C(=O)N2CCCN(C)C)cc1. The molecule has 0 unspecified atom stereocenters. The molecule has 3 rings (SSSR count). The number of aliphatic hydroxyl groups is 1. The molecule has 2 aromatic carbocycles. The highest BCUT2D eigenvalue weighted by Gasteiger charge is 2.45. The minimum Gasteiger partial charge on any atom is -0.507 e. The zero-order valence-corrected chi connectivity index (χ0v) is 20.3. The molecule has 0 aliphatic carbocycles. The van der Waals surface area contributed by atoms with E-state index in [9.17, 15) is 14.7 Å². The maximum Gasteiger partial charge on any atom is 0.295 e. The maximum absolute atomic E-state index is 13.2. The molecule has 1 aliphatic heterocycles. The van der Waals surface area contributed by atoms with E-state index in [1.807, 2.05) is 38.1 Å². The second-order valence-electron chi connectivity index (χ2n) is 8.22. The average Bonchev–Trinajstić information content (AvgIpc) is 3.08. The molecule has 8 nitrogen and oxygen atoms in total. The van der Waals surface area contributed by atoms with Crippen LogP contribution in [0.4, 0.5) is 0 Å². The lowest BCUT2D eigenvalue weighted by atomic mass is 9.95. The Morgan fingerprint density at radius 1 is 1.03 bits per heavy atom. The van der Waals surface area contributed by atoms with E-state index in [0.717, 1.165) is 12.1 Å². The van der Waals surface area contributed by atoms with E-state index in [1.165, 1.54) is 19.1 Å². The molecule has 1 N–H and O–H groups in total. The van der Waals surface area contributed by atoms with Crippen molar-refractivity contribution in [2.45, 2.75) is 19.4 Å². The molecule has 0 radical (unpaired) electrons. The van der Waals surface area contributed by atoms with E-state index in [-0.39, 0.29) is 11.3 Å². The Hall–Kier alpha value is -3.52. The molecule has 0 saturated carbocycles. The molecule has 1 aliphatic rings. The van der Waals surface area contributed by atoms with Gasteiger partial charge in [0, 0.05) is 12.1 Å². The van der Waals surface area contributed by atoms with Crippen LogP contribution >= 0.6 is 0 Å². The Labute approximate surface area is 200 Å². The van der Waals surface area contributed by atoms with Gasteiger partial charge in [-0.05, 0) is 69.9 Å². The molecule has 0 aromatic heterocycles. The summed E-state index contributed by atoms with van der Waals surface area (Å²) in [5.74, 6) is -0.00434. The van der Waals surface area contributed by atoms with Gasteiger partial charge in [-0.15, -0.1) is 0 Å². The standard InChI is InChI=1S/C26H32N2O6/c1-6-34-19-11-8-17(9-12-19)23-22(25(30)26(31)28(23)15-7-14-27(2)3)24(29)18-10-13-20(32-4)21(16-18)33-5/h8-13,16,23,29H,6-7,14-15H2,1-5H3/b24-22+/t23-/m0/s1. The van der Waals surface area contributed by atoms with Crippen molar-refractivity contribution in [2.75, 3.05) is 48.0 Å². The number of likely N-dealkylation sites (tertiary alicyclic amines) is 1. The minimum atomic E-state index is -0.717. The molecule has 1 fully saturated rings. The average molecular weight is 469 g/mol. The van der Waals surface area contributed by atoms with Crippen LogP contribution < -0.4 is 14.2 Å². The van der Waals surface area contributed by atoms with E-state index in [2.05, 4.69) is 0 Å². The predicted octanol–water partition coefficient (Wildman–Crippen LogP) is 3.48. The van der Waals surface area contributed by atoms with Crippen LogP contribution in [-0.4, -0.2) is 74.6 Å². The van der Waals surface area contributed by atoms with Crippen LogP contribution in [0.15, 0.2) is 48.0 Å². The van der Waals surface area contributed by atoms with Crippen molar-refractivity contribution in [1.82, 2.24) is 9.80 Å². The van der Waals surface area contributed by atoms with Crippen molar-refractivity contribution in [3.8, 4) is 17.2 Å². The lowest BCUT2D eigenvalue weighted by molar-refractivity contribution is -0.139. The van der Waals surface area contributed by atoms with Gasteiger partial charge in [0.25, 0.3) is 11.7 Å². The number of amides is 1. The number of hydrogen-bond acceptors (Lipinski definition) is 7. The van der Waals surface area contributed by atoms with Crippen LogP contribution in [0.2, 0.25) is 0 Å². The summed E-state index contributed by atoms with van der Waals surface area (Å²) in [7, 11) is 6.91. The number of rotatable bonds is 10. The molecule has 0 spiro atoms. The topological polar surface area (TPSA) is 88.5 Å². The summed E-state index contributed by atoms with van der Waals surface area (Å²) in [6.45, 7) is 3.57. The Morgan fingerprint density at radius 3 is 2.29 bits per heavy atom. The lowest BCUT2D eigenvalue weighted by Crippen LogP contribution is -2.32. The summed E-state index contributed by atoms with van der Waals surface area (Å²) in [5.41, 5.74) is 1.13. The number of carbonyl (C=O) groups excluding carboxylic acids is 2. The van der Waals surface area contributed by atoms with Crippen LogP contribution in [-0.2, 0) is 9.59 Å². The normalized spacial score (nSPS) is 17.4. The number of ether oxygens (including phenoxy) is 3. The number of ketones is 1. The van der Waals surface area contributed by atoms with Gasteiger partial charge in [-0.2, -0.15) is 0 Å². The third kappa shape index (κ3) is 5.17. The van der Waals surface area contributed by atoms with Gasteiger partial charge in [0.1, 0.15) is 11.5 Å². The number of methoxy groups -OCH3 is 2. The van der Waals surface area contributed by atoms with Gasteiger partial charge in [-0.1, -0.05) is 12.1 Å². The van der Waals surface area contributed by atoms with Crippen molar-refractivity contribution < 1.29 is 28.9 Å². The Morgan fingerprint density at radius 2 is 1.71 bits per heavy atom. The largest absolute Gasteiger partial charge is 0.507 e. The zero-order chi connectivity index (χ0) is 24.8. The van der Waals surface area contributed by atoms with Crippen LogP contribution in [0.25, 0.3) is 5.76 Å². The number of Topliss-reactive ketones (excluding diaryl/α,β-unsaturated/α-hetero) is 1. The van der Waals surface area contributed by atoms with Crippen LogP contribution in [0.3, 0.4) is 0 Å². The first kappa shape index (κ1) is 25.1. The highest BCUT2D eigenvalue weighted by Crippen LogP contribution is 2.41. The third-order valence-corrected chi connectivity index (χ3v) is 5.71. The Kier molecular flexibility index (Phi) is 8.17. The first-order chi connectivity index (χ1) is 16.3. The minimum absolute atomic E-state index is 0.0474. The second-order valence-corrected chi connectivity index (χ2v) is 8.22. The fourth-order valence-electron chi connectivity index (χ4n) is 4.07. The van der Waals surface area contributed by atoms with Gasteiger partial charge >= 0.3 is 0 Å². The molecule has 182 valence electrons. The van der Waals surface area contributed by atoms with Crippen molar-refractivity contribution in [1.29, 1.82) is 0 Å². The fourth-order valence-corrected chi connectivity index (χ4v) is 4.07. The molecule has 8 heteroatoms. The molecule has 1 atom stereocenters. The lowest BCUT2D eigenvalue weighted by Gasteiger charge is -2.26. The van der Waals surface area contributed by atoms with Crippen molar-refractivity contribution in [3.63, 3.8) is 0 Å². The van der Waals surface area contributed by atoms with Gasteiger partial charge < -0.3 is 29.1 Å². The smallest absolute Gasteiger partial charge is 0.295 e. The first-order valence-corrected chi connectivity index (χ1v) is 11.2. The van der Waals surface area contributed by atoms with Gasteiger partial charge in [0.15, 0.2) is 11.5 Å². The molecule has 1 heterocycles. The predicted molar refractivity (Wildman–Crippen MR) is 129 cm³/mol. The Bertz CT molecular complexity index is 1060. The zero-order valence-electron chi connectivity index (χ0n) is 20.3. The van der Waals surface area contributed by atoms with Gasteiger partial charge in [-0.3, -0.25) is 9.59 Å². The summed E-state index contributed by atoms with van der Waals surface area (Å²) in [6, 6.07) is 11.4. The number of carbonyl (C=O) groups is 2. The quantitative estimate of drug-likeness (QED) is 0.324. The number of benzene rings is 2. The Balaban J connectivity index is 2.10. The summed E-state index contributed by atoms with van der Waals surface area (Å²) >= 11 is 0. The van der Waals surface area contributed by atoms with Crippen LogP contribution in [0.1, 0.15) is 30.5 Å². The number of aliphatic hydroxyl groups excluding tert-OH is 1. The van der Waals surface area contributed by atoms with Crippen molar-refractivity contribution >= 4 is 17.4 Å². The van der Waals surface area contributed by atoms with Gasteiger partial charge in [0.2, 0.25) is 0 Å². The van der Waals surface area contributed by atoms with E-state index >= 15 is 0 Å². The molecular formula is C26H32N2O6. The summed E-state index contributed by atoms with van der Waals surface area (Å²) < 4.78 is 16.1. The number of hydrogen-bond donors (Lipinski definition) is 1. The van der Waals surface area contributed by atoms with Crippen LogP contribution in [0, 0.1) is 0 Å². The van der Waals surface area contributed by atoms with Gasteiger partial charge in [-0.25, -0.2) is 0 Å². The summed E-state index contributed by atoms with van der Waals surface area (Å²) in [4.78, 5) is 29.8. The highest BCUT2D eigenvalue weighted by molar-refractivity contribution is 6.46. The number of nitrogens with zero attached hydrogens (tertiary/aromatic N) is 2. The van der Waals surface area contributed by atoms with Crippen molar-refractivity contribution in [2.24, 2.45) is 0 Å². The van der Waals surface area contributed by atoms with Crippen LogP contribution in [0.5, 0.6) is 17.2 Å². The van der Waals surface area contributed by atoms with Gasteiger partial charge in [0.05, 0.1) is 32.4 Å². The molecule has 34 heavy (non-hydrogen) atoms. The van der Waals surface area contributed by atoms with E-state index in [0.29, 0.717) is 42.4 Å². The highest BCUT2D eigenvalue weighted by atomic mass is 16.5. The maximum atomic E-state index is 13.2. The molecule has 1 saturated heterocycles. The molecule has 0 bridgehead atoms. The summed E-state index contributed by atoms with van der Waals surface area (Å²) in [6.07, 6.45) is 0.684. The second kappa shape index (κ2) is 11.1. The first-order valence-electron chi connectivity index (χ1n) is 11.2. The third-order valence-electron chi connectivity index (χ3n) is 5.71.